The van der Waals surface area contributed by atoms with E-state index in [1.165, 1.54) is 6.08 Å². The maximum Gasteiger partial charge on any atom is 0.413 e. The zero-order valence-corrected chi connectivity index (χ0v) is 11.2. The average molecular weight is 264 g/mol. The van der Waals surface area contributed by atoms with Crippen LogP contribution in [-0.4, -0.2) is 6.18 Å². The molecule has 0 radical (unpaired) electrons. The molecule has 19 heavy (non-hydrogen) atoms. The van der Waals surface area contributed by atoms with Gasteiger partial charge in [0.1, 0.15) is 0 Å². The number of allylic oxidation sites excluding steroid dienone is 1. The first-order valence-corrected chi connectivity index (χ1v) is 6.10. The number of rotatable bonds is 0. The van der Waals surface area contributed by atoms with Crippen molar-refractivity contribution >= 4 is 6.08 Å². The van der Waals surface area contributed by atoms with Crippen LogP contribution in [0.5, 0.6) is 0 Å². The molecule has 0 amide bonds. The van der Waals surface area contributed by atoms with Crippen LogP contribution in [0.1, 0.15) is 37.5 Å². The molecular formula is C16H15F3. The summed E-state index contributed by atoms with van der Waals surface area (Å²) in [5.74, 6) is 6.06. The summed E-state index contributed by atoms with van der Waals surface area (Å²) < 4.78 is 38.2. The third-order valence-corrected chi connectivity index (χ3v) is 2.83. The summed E-state index contributed by atoms with van der Waals surface area (Å²) in [6.45, 7) is 5.92. The molecule has 0 aromatic heterocycles. The van der Waals surface area contributed by atoms with Crippen LogP contribution in [-0.2, 0) is 6.42 Å². The Kier molecular flexibility index (Phi) is 3.22. The molecule has 0 aliphatic heterocycles. The minimum atomic E-state index is -4.26. The van der Waals surface area contributed by atoms with Crippen molar-refractivity contribution in [1.82, 2.24) is 0 Å². The number of alkyl halides is 3. The van der Waals surface area contributed by atoms with Gasteiger partial charge in [-0.3, -0.25) is 0 Å². The van der Waals surface area contributed by atoms with Crippen LogP contribution in [0, 0.1) is 17.3 Å². The van der Waals surface area contributed by atoms with Crippen molar-refractivity contribution in [1.29, 1.82) is 0 Å². The van der Waals surface area contributed by atoms with Gasteiger partial charge in [0.05, 0.1) is 0 Å². The molecule has 3 heteroatoms. The molecule has 100 valence electrons. The molecule has 0 spiro atoms. The van der Waals surface area contributed by atoms with E-state index in [2.05, 4.69) is 11.8 Å². The van der Waals surface area contributed by atoms with Crippen molar-refractivity contribution in [3.63, 3.8) is 0 Å². The fourth-order valence-electron chi connectivity index (χ4n) is 1.91. The summed E-state index contributed by atoms with van der Waals surface area (Å²) in [6, 6.07) is 5.26. The van der Waals surface area contributed by atoms with Gasteiger partial charge in [-0.2, -0.15) is 13.2 Å². The fraction of sp³-hybridized carbons (Fsp3) is 0.375. The second-order valence-electron chi connectivity index (χ2n) is 5.72. The Morgan fingerprint density at radius 3 is 2.37 bits per heavy atom. The van der Waals surface area contributed by atoms with Crippen LogP contribution in [0.15, 0.2) is 23.8 Å². The van der Waals surface area contributed by atoms with Gasteiger partial charge in [-0.05, 0) is 44.0 Å². The minimum absolute atomic E-state index is 0.0517. The minimum Gasteiger partial charge on any atom is -0.166 e. The van der Waals surface area contributed by atoms with E-state index < -0.39 is 11.7 Å². The lowest BCUT2D eigenvalue weighted by Crippen LogP contribution is -2.11. The SMILES string of the molecule is CC(C)(C)C#Cc1cccc2c1C=C(C(F)(F)F)C2. The molecule has 0 heterocycles. The molecule has 1 aromatic rings. The van der Waals surface area contributed by atoms with Gasteiger partial charge in [0.25, 0.3) is 0 Å². The maximum atomic E-state index is 12.7. The molecule has 2 rings (SSSR count). The molecule has 1 aliphatic rings. The van der Waals surface area contributed by atoms with Gasteiger partial charge in [-0.1, -0.05) is 24.0 Å². The van der Waals surface area contributed by atoms with E-state index in [9.17, 15) is 13.2 Å². The van der Waals surface area contributed by atoms with Gasteiger partial charge in [0.2, 0.25) is 0 Å². The third-order valence-electron chi connectivity index (χ3n) is 2.83. The van der Waals surface area contributed by atoms with E-state index in [4.69, 9.17) is 0 Å². The Labute approximate surface area is 111 Å². The Bertz CT molecular complexity index is 587. The van der Waals surface area contributed by atoms with Gasteiger partial charge >= 0.3 is 6.18 Å². The van der Waals surface area contributed by atoms with E-state index in [0.717, 1.165) is 0 Å². The highest BCUT2D eigenvalue weighted by Crippen LogP contribution is 2.37. The summed E-state index contributed by atoms with van der Waals surface area (Å²) in [5.41, 5.74) is 1.33. The zero-order valence-electron chi connectivity index (χ0n) is 11.2. The van der Waals surface area contributed by atoms with Gasteiger partial charge in [-0.25, -0.2) is 0 Å². The lowest BCUT2D eigenvalue weighted by Gasteiger charge is -2.07. The highest BCUT2D eigenvalue weighted by molar-refractivity contribution is 5.70. The fourth-order valence-corrected chi connectivity index (χ4v) is 1.91. The van der Waals surface area contributed by atoms with E-state index in [0.29, 0.717) is 16.7 Å². The number of benzene rings is 1. The number of hydrogen-bond acceptors (Lipinski definition) is 0. The number of halogens is 3. The summed E-state index contributed by atoms with van der Waals surface area (Å²) >= 11 is 0. The van der Waals surface area contributed by atoms with Crippen LogP contribution in [0.3, 0.4) is 0 Å². The van der Waals surface area contributed by atoms with Crippen molar-refractivity contribution in [2.45, 2.75) is 33.4 Å². The molecule has 0 nitrogen and oxygen atoms in total. The summed E-state index contributed by atoms with van der Waals surface area (Å²) in [7, 11) is 0. The molecule has 0 atom stereocenters. The van der Waals surface area contributed by atoms with E-state index in [1.54, 1.807) is 18.2 Å². The molecule has 1 aromatic carbocycles. The van der Waals surface area contributed by atoms with Crippen LogP contribution in [0.25, 0.3) is 6.08 Å². The lowest BCUT2D eigenvalue weighted by molar-refractivity contribution is -0.0918. The topological polar surface area (TPSA) is 0 Å². The molecule has 0 saturated carbocycles. The van der Waals surface area contributed by atoms with Crippen LogP contribution in [0.2, 0.25) is 0 Å². The highest BCUT2D eigenvalue weighted by atomic mass is 19.4. The second-order valence-corrected chi connectivity index (χ2v) is 5.72. The van der Waals surface area contributed by atoms with E-state index in [1.807, 2.05) is 20.8 Å². The Balaban J connectivity index is 2.44. The van der Waals surface area contributed by atoms with Gasteiger partial charge < -0.3 is 0 Å². The third kappa shape index (κ3) is 3.20. The van der Waals surface area contributed by atoms with Gasteiger partial charge in [-0.15, -0.1) is 0 Å². The zero-order chi connectivity index (χ0) is 14.3. The first-order valence-electron chi connectivity index (χ1n) is 6.10. The second kappa shape index (κ2) is 4.45. The average Bonchev–Trinajstić information content (AvgIpc) is 2.68. The van der Waals surface area contributed by atoms with Crippen molar-refractivity contribution in [3.8, 4) is 11.8 Å². The molecule has 0 N–H and O–H groups in total. The highest BCUT2D eigenvalue weighted by Gasteiger charge is 2.36. The van der Waals surface area contributed by atoms with Crippen molar-refractivity contribution < 1.29 is 13.2 Å². The van der Waals surface area contributed by atoms with Crippen LogP contribution >= 0.6 is 0 Å². The lowest BCUT2D eigenvalue weighted by atomic mass is 9.96. The molecule has 0 bridgehead atoms. The molecule has 0 saturated heterocycles. The normalized spacial score (nSPS) is 14.5. The van der Waals surface area contributed by atoms with Crippen molar-refractivity contribution in [3.05, 3.63) is 40.5 Å². The molecule has 1 aliphatic carbocycles. The Morgan fingerprint density at radius 2 is 1.79 bits per heavy atom. The van der Waals surface area contributed by atoms with Crippen molar-refractivity contribution in [2.75, 3.05) is 0 Å². The molecule has 0 unspecified atom stereocenters. The predicted octanol–water partition coefficient (Wildman–Crippen LogP) is 4.59. The van der Waals surface area contributed by atoms with Crippen molar-refractivity contribution in [2.24, 2.45) is 5.41 Å². The number of fused-ring (bicyclic) bond motifs is 1. The summed E-state index contributed by atoms with van der Waals surface area (Å²) in [5, 5.41) is 0. The smallest absolute Gasteiger partial charge is 0.166 e. The van der Waals surface area contributed by atoms with Crippen LogP contribution in [0.4, 0.5) is 13.2 Å². The first-order chi connectivity index (χ1) is 8.67. The van der Waals surface area contributed by atoms with Crippen LogP contribution < -0.4 is 0 Å². The van der Waals surface area contributed by atoms with Gasteiger partial charge in [0, 0.05) is 23.0 Å². The monoisotopic (exact) mass is 264 g/mol. The summed E-state index contributed by atoms with van der Waals surface area (Å²) in [4.78, 5) is 0. The Morgan fingerprint density at radius 1 is 1.11 bits per heavy atom. The first kappa shape index (κ1) is 13.7. The Hall–Kier alpha value is -1.69. The van der Waals surface area contributed by atoms with Gasteiger partial charge in [0.15, 0.2) is 0 Å². The quantitative estimate of drug-likeness (QED) is 0.601. The molecular weight excluding hydrogens is 249 g/mol. The summed E-state index contributed by atoms with van der Waals surface area (Å²) in [6.07, 6.45) is -3.08. The predicted molar refractivity (Wildman–Crippen MR) is 70.5 cm³/mol. The van der Waals surface area contributed by atoms with E-state index >= 15 is 0 Å². The standard InChI is InChI=1S/C16H15F3/c1-15(2,3)8-7-11-5-4-6-12-9-13(10-14(11)12)16(17,18)19/h4-6,10H,9H2,1-3H3. The molecule has 0 fully saturated rings. The maximum absolute atomic E-state index is 12.7. The number of hydrogen-bond donors (Lipinski definition) is 0. The largest absolute Gasteiger partial charge is 0.413 e. The van der Waals surface area contributed by atoms with E-state index in [-0.39, 0.29) is 11.8 Å².